The predicted molar refractivity (Wildman–Crippen MR) is 92.8 cm³/mol. The first-order valence-corrected chi connectivity index (χ1v) is 8.09. The van der Waals surface area contributed by atoms with E-state index in [2.05, 4.69) is 15.3 Å². The van der Waals surface area contributed by atoms with Crippen molar-refractivity contribution in [1.82, 2.24) is 9.97 Å². The number of thiazole rings is 1. The van der Waals surface area contributed by atoms with Crippen LogP contribution >= 0.6 is 11.3 Å². The van der Waals surface area contributed by atoms with E-state index in [1.165, 1.54) is 43.9 Å². The molecule has 1 amide bonds. The molecule has 2 heterocycles. The molecule has 1 aromatic carbocycles. The fraction of sp³-hybridized carbons (Fsp3) is 0.118. The van der Waals surface area contributed by atoms with Crippen molar-refractivity contribution in [3.05, 3.63) is 53.3 Å². The number of pyridine rings is 1. The number of nitrogens with one attached hydrogen (secondary N) is 1. The summed E-state index contributed by atoms with van der Waals surface area (Å²) in [7, 11) is 2.91. The molecule has 0 saturated carbocycles. The Morgan fingerprint density at radius 3 is 2.68 bits per heavy atom. The summed E-state index contributed by atoms with van der Waals surface area (Å²) in [5, 5.41) is 4.84. The molecule has 0 saturated heterocycles. The van der Waals surface area contributed by atoms with Crippen LogP contribution in [0, 0.1) is 5.82 Å². The van der Waals surface area contributed by atoms with Crippen molar-refractivity contribution in [2.24, 2.45) is 0 Å². The van der Waals surface area contributed by atoms with Gasteiger partial charge in [-0.3, -0.25) is 10.1 Å². The molecule has 0 atom stereocenters. The predicted octanol–water partition coefficient (Wildman–Crippen LogP) is 3.61. The van der Waals surface area contributed by atoms with E-state index in [9.17, 15) is 9.18 Å². The van der Waals surface area contributed by atoms with Gasteiger partial charge in [0.25, 0.3) is 5.91 Å². The lowest BCUT2D eigenvalue weighted by molar-refractivity contribution is 0.102. The molecule has 0 aliphatic carbocycles. The number of methoxy groups -OCH3 is 2. The highest BCUT2D eigenvalue weighted by Crippen LogP contribution is 2.28. The minimum absolute atomic E-state index is 0.166. The second kappa shape index (κ2) is 7.27. The van der Waals surface area contributed by atoms with Gasteiger partial charge >= 0.3 is 0 Å². The van der Waals surface area contributed by atoms with Crippen molar-refractivity contribution < 1.29 is 18.7 Å². The second-order valence-corrected chi connectivity index (χ2v) is 5.79. The van der Waals surface area contributed by atoms with Crippen LogP contribution in [0.3, 0.4) is 0 Å². The maximum atomic E-state index is 13.8. The standard InChI is InChI=1S/C17H14FN3O3S/c1-23-14-5-3-10(7-12(14)18)13-9-25-17(20-13)21-16(22)11-4-6-15(24-2)19-8-11/h3-9H,1-2H3,(H,20,21,22). The van der Waals surface area contributed by atoms with Gasteiger partial charge in [-0.1, -0.05) is 0 Å². The Hall–Kier alpha value is -3.00. The molecular weight excluding hydrogens is 345 g/mol. The van der Waals surface area contributed by atoms with E-state index < -0.39 is 5.82 Å². The highest BCUT2D eigenvalue weighted by molar-refractivity contribution is 7.14. The van der Waals surface area contributed by atoms with E-state index in [0.717, 1.165) is 0 Å². The highest BCUT2D eigenvalue weighted by Gasteiger charge is 2.12. The van der Waals surface area contributed by atoms with Crippen molar-refractivity contribution in [2.45, 2.75) is 0 Å². The number of carbonyl (C=O) groups is 1. The maximum absolute atomic E-state index is 13.8. The number of ether oxygens (including phenoxy) is 2. The first kappa shape index (κ1) is 16.8. The van der Waals surface area contributed by atoms with Gasteiger partial charge in [0, 0.05) is 23.2 Å². The minimum atomic E-state index is -0.470. The van der Waals surface area contributed by atoms with Crippen molar-refractivity contribution in [1.29, 1.82) is 0 Å². The number of carbonyl (C=O) groups excluding carboxylic acids is 1. The number of hydrogen-bond donors (Lipinski definition) is 1. The number of nitrogens with zero attached hydrogens (tertiary/aromatic N) is 2. The Balaban J connectivity index is 1.74. The highest BCUT2D eigenvalue weighted by atomic mass is 32.1. The zero-order valence-electron chi connectivity index (χ0n) is 13.4. The third-order valence-electron chi connectivity index (χ3n) is 3.38. The van der Waals surface area contributed by atoms with Crippen molar-refractivity contribution in [3.8, 4) is 22.9 Å². The van der Waals surface area contributed by atoms with E-state index >= 15 is 0 Å². The van der Waals surface area contributed by atoms with Crippen LogP contribution in [0.1, 0.15) is 10.4 Å². The lowest BCUT2D eigenvalue weighted by atomic mass is 10.1. The van der Waals surface area contributed by atoms with Gasteiger partial charge in [-0.25, -0.2) is 14.4 Å². The molecule has 1 N–H and O–H groups in total. The number of amides is 1. The third kappa shape index (κ3) is 3.74. The van der Waals surface area contributed by atoms with Gasteiger partial charge in [0.05, 0.1) is 25.5 Å². The molecule has 0 spiro atoms. The van der Waals surface area contributed by atoms with Crippen LogP contribution in [0.2, 0.25) is 0 Å². The maximum Gasteiger partial charge on any atom is 0.259 e. The summed E-state index contributed by atoms with van der Waals surface area (Å²) in [6.45, 7) is 0. The Morgan fingerprint density at radius 1 is 1.20 bits per heavy atom. The zero-order valence-corrected chi connectivity index (χ0v) is 14.3. The molecule has 0 bridgehead atoms. The summed E-state index contributed by atoms with van der Waals surface area (Å²) in [6, 6.07) is 7.78. The molecular formula is C17H14FN3O3S. The molecule has 8 heteroatoms. The SMILES string of the molecule is COc1ccc(C(=O)Nc2nc(-c3ccc(OC)c(F)c3)cs2)cn1. The number of hydrogen-bond acceptors (Lipinski definition) is 6. The van der Waals surface area contributed by atoms with Gasteiger partial charge < -0.3 is 9.47 Å². The molecule has 2 aromatic heterocycles. The summed E-state index contributed by atoms with van der Waals surface area (Å²) in [6.07, 6.45) is 1.42. The first-order valence-electron chi connectivity index (χ1n) is 7.21. The Morgan fingerprint density at radius 2 is 2.04 bits per heavy atom. The third-order valence-corrected chi connectivity index (χ3v) is 4.14. The molecule has 128 valence electrons. The van der Waals surface area contributed by atoms with Crippen molar-refractivity contribution in [3.63, 3.8) is 0 Å². The second-order valence-electron chi connectivity index (χ2n) is 4.93. The van der Waals surface area contributed by atoms with Gasteiger partial charge in [-0.2, -0.15) is 0 Å². The Labute approximate surface area is 147 Å². The summed E-state index contributed by atoms with van der Waals surface area (Å²) in [4.78, 5) is 20.5. The fourth-order valence-electron chi connectivity index (χ4n) is 2.09. The average Bonchev–Trinajstić information content (AvgIpc) is 3.10. The molecule has 25 heavy (non-hydrogen) atoms. The van der Waals surface area contributed by atoms with Crippen LogP contribution in [0.25, 0.3) is 11.3 Å². The molecule has 0 radical (unpaired) electrons. The molecule has 0 aliphatic rings. The monoisotopic (exact) mass is 359 g/mol. The van der Waals surface area contributed by atoms with Crippen molar-refractivity contribution >= 4 is 22.4 Å². The lowest BCUT2D eigenvalue weighted by Gasteiger charge is -2.03. The Bertz CT molecular complexity index is 896. The number of anilines is 1. The van der Waals surface area contributed by atoms with E-state index in [1.807, 2.05) is 0 Å². The van der Waals surface area contributed by atoms with Crippen molar-refractivity contribution in [2.75, 3.05) is 19.5 Å². The van der Waals surface area contributed by atoms with Gasteiger partial charge in [0.1, 0.15) is 0 Å². The first-order chi connectivity index (χ1) is 12.1. The van der Waals surface area contributed by atoms with E-state index in [-0.39, 0.29) is 11.7 Å². The fourth-order valence-corrected chi connectivity index (χ4v) is 2.81. The van der Waals surface area contributed by atoms with Gasteiger partial charge in [0.15, 0.2) is 16.7 Å². The summed E-state index contributed by atoms with van der Waals surface area (Å²) in [5.41, 5.74) is 1.55. The lowest BCUT2D eigenvalue weighted by Crippen LogP contribution is -2.12. The minimum Gasteiger partial charge on any atom is -0.494 e. The molecule has 0 unspecified atom stereocenters. The largest absolute Gasteiger partial charge is 0.494 e. The number of rotatable bonds is 5. The Kier molecular flexibility index (Phi) is 4.90. The smallest absolute Gasteiger partial charge is 0.259 e. The molecule has 0 fully saturated rings. The van der Waals surface area contributed by atoms with Gasteiger partial charge in [-0.15, -0.1) is 11.3 Å². The molecule has 0 aliphatic heterocycles. The zero-order chi connectivity index (χ0) is 17.8. The van der Waals surface area contributed by atoms with E-state index in [4.69, 9.17) is 9.47 Å². The van der Waals surface area contributed by atoms with Crippen LogP contribution in [0.4, 0.5) is 9.52 Å². The summed E-state index contributed by atoms with van der Waals surface area (Å²) < 4.78 is 23.6. The van der Waals surface area contributed by atoms with Crippen LogP contribution in [-0.2, 0) is 0 Å². The quantitative estimate of drug-likeness (QED) is 0.753. The van der Waals surface area contributed by atoms with Crippen LogP contribution in [0.15, 0.2) is 41.9 Å². The number of halogens is 1. The number of benzene rings is 1. The molecule has 3 rings (SSSR count). The molecule has 3 aromatic rings. The topological polar surface area (TPSA) is 73.3 Å². The van der Waals surface area contributed by atoms with Gasteiger partial charge in [-0.05, 0) is 24.3 Å². The van der Waals surface area contributed by atoms with E-state index in [1.54, 1.807) is 23.6 Å². The number of aromatic nitrogens is 2. The van der Waals surface area contributed by atoms with Gasteiger partial charge in [0.2, 0.25) is 5.88 Å². The van der Waals surface area contributed by atoms with E-state index in [0.29, 0.717) is 27.8 Å². The normalized spacial score (nSPS) is 10.4. The van der Waals surface area contributed by atoms with Crippen LogP contribution in [-0.4, -0.2) is 30.1 Å². The van der Waals surface area contributed by atoms with Crippen LogP contribution in [0.5, 0.6) is 11.6 Å². The molecule has 6 nitrogen and oxygen atoms in total. The summed E-state index contributed by atoms with van der Waals surface area (Å²) >= 11 is 1.25. The summed E-state index contributed by atoms with van der Waals surface area (Å²) in [5.74, 6) is -0.214. The average molecular weight is 359 g/mol. The van der Waals surface area contributed by atoms with Crippen LogP contribution < -0.4 is 14.8 Å².